The molecule has 0 fully saturated rings. The molecule has 2 heterocycles. The van der Waals surface area contributed by atoms with Crippen molar-refractivity contribution in [2.24, 2.45) is 0 Å². The van der Waals surface area contributed by atoms with Gasteiger partial charge in [-0.2, -0.15) is 0 Å². The highest BCUT2D eigenvalue weighted by Crippen LogP contribution is 2.29. The Morgan fingerprint density at radius 2 is 2.00 bits per heavy atom. The van der Waals surface area contributed by atoms with Crippen LogP contribution in [0.3, 0.4) is 0 Å². The van der Waals surface area contributed by atoms with E-state index in [1.54, 1.807) is 0 Å². The Labute approximate surface area is 84.4 Å². The van der Waals surface area contributed by atoms with Crippen molar-refractivity contribution in [1.82, 2.24) is 9.97 Å². The Hall–Kier alpha value is -1.31. The maximum Gasteiger partial charge on any atom is 0.137 e. The lowest BCUT2D eigenvalue weighted by Gasteiger charge is -2.17. The summed E-state index contributed by atoms with van der Waals surface area (Å²) in [7, 11) is 0. The summed E-state index contributed by atoms with van der Waals surface area (Å²) >= 11 is 0. The molecule has 14 heavy (non-hydrogen) atoms. The number of rotatable bonds is 0. The van der Waals surface area contributed by atoms with Crippen LogP contribution in [-0.4, -0.2) is 9.97 Å². The van der Waals surface area contributed by atoms with Gasteiger partial charge in [0, 0.05) is 22.7 Å². The molecule has 2 aromatic heterocycles. The molecule has 0 radical (unpaired) electrons. The van der Waals surface area contributed by atoms with Crippen molar-refractivity contribution in [3.63, 3.8) is 0 Å². The third-order valence-electron chi connectivity index (χ3n) is 2.58. The summed E-state index contributed by atoms with van der Waals surface area (Å²) < 4.78 is 0. The summed E-state index contributed by atoms with van der Waals surface area (Å²) in [6.07, 6.45) is 1.82. The van der Waals surface area contributed by atoms with Gasteiger partial charge in [-0.05, 0) is 24.6 Å². The molecule has 0 saturated heterocycles. The van der Waals surface area contributed by atoms with Gasteiger partial charge in [0.25, 0.3) is 0 Å². The number of fused-ring (bicyclic) bond motifs is 1. The highest BCUT2D eigenvalue weighted by molar-refractivity contribution is 5.81. The van der Waals surface area contributed by atoms with E-state index in [4.69, 9.17) is 0 Å². The number of aromatic amines is 1. The summed E-state index contributed by atoms with van der Waals surface area (Å²) in [5, 5.41) is 1.23. The molecule has 0 unspecified atom stereocenters. The summed E-state index contributed by atoms with van der Waals surface area (Å²) in [6, 6.07) is 4.10. The molecule has 74 valence electrons. The van der Waals surface area contributed by atoms with Crippen molar-refractivity contribution in [2.45, 2.75) is 33.1 Å². The van der Waals surface area contributed by atoms with Crippen LogP contribution in [-0.2, 0) is 5.41 Å². The Bertz CT molecular complexity index is 461. The normalized spacial score (nSPS) is 12.3. The number of nitrogens with one attached hydrogen (secondary N) is 1. The zero-order valence-corrected chi connectivity index (χ0v) is 9.18. The van der Waals surface area contributed by atoms with Crippen molar-refractivity contribution in [1.29, 1.82) is 0 Å². The fourth-order valence-electron chi connectivity index (χ4n) is 1.90. The predicted molar refractivity (Wildman–Crippen MR) is 59.5 cm³/mol. The SMILES string of the molecule is Cc1c(C(C)(C)C)[nH]c2ncccc12. The Morgan fingerprint density at radius 3 is 2.57 bits per heavy atom. The van der Waals surface area contributed by atoms with Gasteiger partial charge in [0.05, 0.1) is 0 Å². The molecule has 0 saturated carbocycles. The molecular formula is C12H16N2. The van der Waals surface area contributed by atoms with Crippen LogP contribution in [0.2, 0.25) is 0 Å². The largest absolute Gasteiger partial charge is 0.343 e. The summed E-state index contributed by atoms with van der Waals surface area (Å²) in [6.45, 7) is 8.79. The Morgan fingerprint density at radius 1 is 1.29 bits per heavy atom. The van der Waals surface area contributed by atoms with E-state index in [1.807, 2.05) is 12.3 Å². The van der Waals surface area contributed by atoms with E-state index in [9.17, 15) is 0 Å². The first kappa shape index (κ1) is 9.25. The predicted octanol–water partition coefficient (Wildman–Crippen LogP) is 3.17. The number of aryl methyl sites for hydroxylation is 1. The van der Waals surface area contributed by atoms with Gasteiger partial charge < -0.3 is 4.98 Å². The van der Waals surface area contributed by atoms with Gasteiger partial charge in [0.2, 0.25) is 0 Å². The second kappa shape index (κ2) is 2.84. The highest BCUT2D eigenvalue weighted by Gasteiger charge is 2.20. The maximum atomic E-state index is 4.32. The first-order valence-electron chi connectivity index (χ1n) is 4.94. The van der Waals surface area contributed by atoms with Crippen LogP contribution in [0.4, 0.5) is 0 Å². The molecule has 0 aliphatic carbocycles. The van der Waals surface area contributed by atoms with Crippen molar-refractivity contribution >= 4 is 11.0 Å². The molecule has 0 bridgehead atoms. The van der Waals surface area contributed by atoms with E-state index in [2.05, 4.69) is 43.7 Å². The summed E-state index contributed by atoms with van der Waals surface area (Å²) in [5.41, 5.74) is 3.76. The van der Waals surface area contributed by atoms with Gasteiger partial charge in [-0.1, -0.05) is 20.8 Å². The maximum absolute atomic E-state index is 4.32. The van der Waals surface area contributed by atoms with Crippen molar-refractivity contribution in [3.05, 3.63) is 29.6 Å². The number of hydrogen-bond donors (Lipinski definition) is 1. The van der Waals surface area contributed by atoms with Gasteiger partial charge in [-0.3, -0.25) is 0 Å². The number of hydrogen-bond acceptors (Lipinski definition) is 1. The van der Waals surface area contributed by atoms with Crippen LogP contribution in [0.25, 0.3) is 11.0 Å². The minimum Gasteiger partial charge on any atom is -0.343 e. The van der Waals surface area contributed by atoms with E-state index < -0.39 is 0 Å². The van der Waals surface area contributed by atoms with Gasteiger partial charge in [-0.25, -0.2) is 4.98 Å². The second-order valence-corrected chi connectivity index (χ2v) is 4.77. The fourth-order valence-corrected chi connectivity index (χ4v) is 1.90. The number of nitrogens with zero attached hydrogens (tertiary/aromatic N) is 1. The lowest BCUT2D eigenvalue weighted by Crippen LogP contribution is -2.12. The van der Waals surface area contributed by atoms with Gasteiger partial charge in [-0.15, -0.1) is 0 Å². The quantitative estimate of drug-likeness (QED) is 0.676. The zero-order valence-electron chi connectivity index (χ0n) is 9.18. The smallest absolute Gasteiger partial charge is 0.137 e. The zero-order chi connectivity index (χ0) is 10.3. The fraction of sp³-hybridized carbons (Fsp3) is 0.417. The first-order valence-corrected chi connectivity index (χ1v) is 4.94. The molecule has 0 amide bonds. The van der Waals surface area contributed by atoms with Crippen molar-refractivity contribution in [3.8, 4) is 0 Å². The molecule has 2 heteroatoms. The van der Waals surface area contributed by atoms with E-state index >= 15 is 0 Å². The number of H-pyrrole nitrogens is 1. The number of aromatic nitrogens is 2. The standard InChI is InChI=1S/C12H16N2/c1-8-9-6-5-7-13-11(9)14-10(8)12(2,3)4/h5-7H,1-4H3,(H,13,14). The molecule has 0 aromatic carbocycles. The molecular weight excluding hydrogens is 172 g/mol. The van der Waals surface area contributed by atoms with Crippen molar-refractivity contribution < 1.29 is 0 Å². The molecule has 0 aliphatic rings. The second-order valence-electron chi connectivity index (χ2n) is 4.77. The molecule has 2 nitrogen and oxygen atoms in total. The van der Waals surface area contributed by atoms with E-state index in [1.165, 1.54) is 16.6 Å². The van der Waals surface area contributed by atoms with Gasteiger partial charge in [0.15, 0.2) is 0 Å². The Kier molecular flexibility index (Phi) is 1.88. The van der Waals surface area contributed by atoms with Gasteiger partial charge in [0.1, 0.15) is 5.65 Å². The van der Waals surface area contributed by atoms with E-state index in [0.717, 1.165) is 5.65 Å². The third kappa shape index (κ3) is 1.31. The molecule has 2 rings (SSSR count). The first-order chi connectivity index (χ1) is 6.50. The van der Waals surface area contributed by atoms with E-state index in [0.29, 0.717) is 0 Å². The van der Waals surface area contributed by atoms with Crippen LogP contribution < -0.4 is 0 Å². The average molecular weight is 188 g/mol. The Balaban J connectivity index is 2.75. The van der Waals surface area contributed by atoms with Crippen molar-refractivity contribution in [2.75, 3.05) is 0 Å². The van der Waals surface area contributed by atoms with Crippen LogP contribution in [0, 0.1) is 6.92 Å². The minimum atomic E-state index is 0.158. The molecule has 0 aliphatic heterocycles. The van der Waals surface area contributed by atoms with Crippen LogP contribution in [0.5, 0.6) is 0 Å². The average Bonchev–Trinajstić information content (AvgIpc) is 2.44. The molecule has 0 spiro atoms. The molecule has 0 atom stereocenters. The lowest BCUT2D eigenvalue weighted by molar-refractivity contribution is 0.570. The minimum absolute atomic E-state index is 0.158. The van der Waals surface area contributed by atoms with Crippen LogP contribution in [0.1, 0.15) is 32.0 Å². The van der Waals surface area contributed by atoms with Crippen LogP contribution in [0.15, 0.2) is 18.3 Å². The molecule has 1 N–H and O–H groups in total. The lowest BCUT2D eigenvalue weighted by atomic mass is 9.89. The highest BCUT2D eigenvalue weighted by atomic mass is 14.9. The van der Waals surface area contributed by atoms with E-state index in [-0.39, 0.29) is 5.41 Å². The topological polar surface area (TPSA) is 28.7 Å². The summed E-state index contributed by atoms with van der Waals surface area (Å²) in [4.78, 5) is 7.71. The number of pyridine rings is 1. The van der Waals surface area contributed by atoms with Crippen LogP contribution >= 0.6 is 0 Å². The third-order valence-corrected chi connectivity index (χ3v) is 2.58. The van der Waals surface area contributed by atoms with Gasteiger partial charge >= 0.3 is 0 Å². The monoisotopic (exact) mass is 188 g/mol. The summed E-state index contributed by atoms with van der Waals surface area (Å²) in [5.74, 6) is 0. The molecule has 2 aromatic rings.